The van der Waals surface area contributed by atoms with Gasteiger partial charge in [-0.2, -0.15) is 5.10 Å². The van der Waals surface area contributed by atoms with Gasteiger partial charge in [0.15, 0.2) is 11.5 Å². The number of fused-ring (bicyclic) bond motifs is 2. The Morgan fingerprint density at radius 2 is 1.50 bits per heavy atom. The number of carbonyl (C=O) groups is 4. The van der Waals surface area contributed by atoms with Gasteiger partial charge in [-0.05, 0) is 36.8 Å². The minimum absolute atomic E-state index is 0.0343. The standard InChI is InChI=1S/C28H20N2O8/c1-13-7-4-5-9-17(13)30-24(28(36)38-3)22(27(35)37-2)23(29-30)14-11-16-21(19(32)12-14)26(34)20-15(25(16)33)8-6-10-18(20)31/h4-12,31-32H,1-3H3. The largest absolute Gasteiger partial charge is 0.507 e. The van der Waals surface area contributed by atoms with Gasteiger partial charge in [0.2, 0.25) is 5.78 Å². The third-order valence-electron chi connectivity index (χ3n) is 6.37. The molecule has 0 saturated carbocycles. The van der Waals surface area contributed by atoms with Gasteiger partial charge < -0.3 is 19.7 Å². The number of rotatable bonds is 4. The van der Waals surface area contributed by atoms with Crippen molar-refractivity contribution in [2.24, 2.45) is 0 Å². The second-order valence-corrected chi connectivity index (χ2v) is 8.53. The van der Waals surface area contributed by atoms with E-state index in [1.165, 1.54) is 28.9 Å². The normalized spacial score (nSPS) is 12.1. The highest BCUT2D eigenvalue weighted by atomic mass is 16.5. The molecule has 0 spiro atoms. The van der Waals surface area contributed by atoms with Crippen molar-refractivity contribution in [3.8, 4) is 28.4 Å². The van der Waals surface area contributed by atoms with Crippen LogP contribution in [0.4, 0.5) is 0 Å². The van der Waals surface area contributed by atoms with E-state index >= 15 is 0 Å². The van der Waals surface area contributed by atoms with Crippen LogP contribution in [0.5, 0.6) is 11.5 Å². The first-order valence-corrected chi connectivity index (χ1v) is 11.3. The molecular formula is C28H20N2O8. The van der Waals surface area contributed by atoms with Crippen LogP contribution in [0.2, 0.25) is 0 Å². The predicted molar refractivity (Wildman–Crippen MR) is 133 cm³/mol. The maximum absolute atomic E-state index is 13.3. The minimum Gasteiger partial charge on any atom is -0.507 e. The first-order valence-electron chi connectivity index (χ1n) is 11.3. The summed E-state index contributed by atoms with van der Waals surface area (Å²) in [5.74, 6) is -4.08. The van der Waals surface area contributed by atoms with Gasteiger partial charge in [-0.25, -0.2) is 14.3 Å². The molecule has 3 aromatic carbocycles. The first kappa shape index (κ1) is 24.4. The smallest absolute Gasteiger partial charge is 0.357 e. The third kappa shape index (κ3) is 3.53. The van der Waals surface area contributed by atoms with Crippen molar-refractivity contribution in [1.82, 2.24) is 9.78 Å². The molecule has 4 aromatic rings. The molecule has 1 aliphatic carbocycles. The monoisotopic (exact) mass is 512 g/mol. The molecule has 0 aliphatic heterocycles. The van der Waals surface area contributed by atoms with E-state index in [-0.39, 0.29) is 50.5 Å². The van der Waals surface area contributed by atoms with E-state index in [4.69, 9.17) is 9.47 Å². The Hall–Kier alpha value is -5.25. The number of aromatic nitrogens is 2. The van der Waals surface area contributed by atoms with Gasteiger partial charge in [0.25, 0.3) is 0 Å². The Morgan fingerprint density at radius 3 is 2.18 bits per heavy atom. The molecule has 0 unspecified atom stereocenters. The highest BCUT2D eigenvalue weighted by Gasteiger charge is 2.37. The number of benzene rings is 3. The second kappa shape index (κ2) is 9.00. The fourth-order valence-electron chi connectivity index (χ4n) is 4.60. The van der Waals surface area contributed by atoms with E-state index in [0.29, 0.717) is 5.69 Å². The Labute approximate surface area is 215 Å². The zero-order valence-electron chi connectivity index (χ0n) is 20.4. The van der Waals surface area contributed by atoms with Crippen LogP contribution < -0.4 is 0 Å². The molecule has 5 rings (SSSR count). The topological polar surface area (TPSA) is 145 Å². The van der Waals surface area contributed by atoms with Gasteiger partial charge in [0.05, 0.1) is 31.0 Å². The van der Waals surface area contributed by atoms with E-state index in [0.717, 1.165) is 25.8 Å². The van der Waals surface area contributed by atoms with Gasteiger partial charge in [-0.15, -0.1) is 0 Å². The van der Waals surface area contributed by atoms with Crippen LogP contribution in [0.15, 0.2) is 54.6 Å². The lowest BCUT2D eigenvalue weighted by Gasteiger charge is -2.20. The maximum atomic E-state index is 13.3. The molecule has 1 heterocycles. The summed E-state index contributed by atoms with van der Waals surface area (Å²) in [7, 11) is 2.29. The van der Waals surface area contributed by atoms with Crippen LogP contribution >= 0.6 is 0 Å². The number of phenolic OH excluding ortho intramolecular Hbond substituents is 2. The summed E-state index contributed by atoms with van der Waals surface area (Å²) in [4.78, 5) is 52.4. The Kier molecular flexibility index (Phi) is 5.79. The van der Waals surface area contributed by atoms with Gasteiger partial charge in [0.1, 0.15) is 22.8 Å². The molecule has 1 aliphatic rings. The average Bonchev–Trinajstić information content (AvgIpc) is 3.31. The average molecular weight is 512 g/mol. The van der Waals surface area contributed by atoms with Crippen LogP contribution in [0, 0.1) is 6.92 Å². The molecule has 0 amide bonds. The molecule has 38 heavy (non-hydrogen) atoms. The predicted octanol–water partition coefficient (Wildman–Crippen LogP) is 3.61. The number of para-hydroxylation sites is 1. The van der Waals surface area contributed by atoms with Crippen LogP contribution in [-0.2, 0) is 9.47 Å². The minimum atomic E-state index is -0.907. The third-order valence-corrected chi connectivity index (χ3v) is 6.37. The number of carbonyl (C=O) groups excluding carboxylic acids is 4. The summed E-state index contributed by atoms with van der Waals surface area (Å²) < 4.78 is 11.1. The number of methoxy groups -OCH3 is 2. The summed E-state index contributed by atoms with van der Waals surface area (Å²) >= 11 is 0. The van der Waals surface area contributed by atoms with E-state index in [2.05, 4.69) is 5.10 Å². The summed E-state index contributed by atoms with van der Waals surface area (Å²) in [6.45, 7) is 1.79. The van der Waals surface area contributed by atoms with Gasteiger partial charge in [-0.1, -0.05) is 30.3 Å². The van der Waals surface area contributed by atoms with E-state index < -0.39 is 29.3 Å². The fourth-order valence-corrected chi connectivity index (χ4v) is 4.60. The molecule has 0 atom stereocenters. The van der Waals surface area contributed by atoms with Crippen LogP contribution in [-0.4, -0.2) is 57.7 Å². The number of ether oxygens (including phenoxy) is 2. The van der Waals surface area contributed by atoms with Crippen LogP contribution in [0.1, 0.15) is 58.3 Å². The summed E-state index contributed by atoms with van der Waals surface area (Å²) in [5.41, 5.74) is 0.0317. The Balaban J connectivity index is 1.81. The van der Waals surface area contributed by atoms with Crippen molar-refractivity contribution >= 4 is 23.5 Å². The number of aryl methyl sites for hydroxylation is 1. The molecule has 10 heteroatoms. The molecule has 0 saturated heterocycles. The SMILES string of the molecule is COC(=O)c1c(-c2cc(O)c3c(c2)C(=O)c2cccc(O)c2C3=O)nn(-c2ccccc2C)c1C(=O)OC. The highest BCUT2D eigenvalue weighted by Crippen LogP contribution is 2.40. The molecule has 190 valence electrons. The molecule has 0 bridgehead atoms. The van der Waals surface area contributed by atoms with Crippen molar-refractivity contribution in [2.45, 2.75) is 6.92 Å². The molecule has 2 N–H and O–H groups in total. The fraction of sp³-hybridized carbons (Fsp3) is 0.107. The Bertz CT molecular complexity index is 1700. The van der Waals surface area contributed by atoms with Crippen molar-refractivity contribution < 1.29 is 38.9 Å². The quantitative estimate of drug-likeness (QED) is 0.345. The molecule has 1 aromatic heterocycles. The lowest BCUT2D eigenvalue weighted by Crippen LogP contribution is -2.21. The van der Waals surface area contributed by atoms with Crippen molar-refractivity contribution in [1.29, 1.82) is 0 Å². The lowest BCUT2D eigenvalue weighted by atomic mass is 9.82. The molecular weight excluding hydrogens is 492 g/mol. The highest BCUT2D eigenvalue weighted by molar-refractivity contribution is 6.30. The second-order valence-electron chi connectivity index (χ2n) is 8.53. The van der Waals surface area contributed by atoms with Crippen LogP contribution in [0.3, 0.4) is 0 Å². The number of esters is 2. The van der Waals surface area contributed by atoms with E-state index in [1.807, 2.05) is 0 Å². The number of hydrogen-bond donors (Lipinski definition) is 2. The van der Waals surface area contributed by atoms with E-state index in [1.54, 1.807) is 31.2 Å². The summed E-state index contributed by atoms with van der Waals surface area (Å²) in [6.07, 6.45) is 0. The maximum Gasteiger partial charge on any atom is 0.357 e. The zero-order valence-corrected chi connectivity index (χ0v) is 20.4. The number of hydrogen-bond acceptors (Lipinski definition) is 9. The number of aromatic hydroxyl groups is 2. The van der Waals surface area contributed by atoms with Gasteiger partial charge in [0, 0.05) is 16.7 Å². The molecule has 10 nitrogen and oxygen atoms in total. The van der Waals surface area contributed by atoms with Crippen LogP contribution in [0.25, 0.3) is 16.9 Å². The number of nitrogens with zero attached hydrogens (tertiary/aromatic N) is 2. The molecule has 0 radical (unpaired) electrons. The lowest BCUT2D eigenvalue weighted by molar-refractivity contribution is 0.0549. The number of ketones is 2. The van der Waals surface area contributed by atoms with E-state index in [9.17, 15) is 29.4 Å². The van der Waals surface area contributed by atoms with Crippen molar-refractivity contribution in [3.05, 3.63) is 93.7 Å². The van der Waals surface area contributed by atoms with Gasteiger partial charge >= 0.3 is 11.9 Å². The molecule has 0 fully saturated rings. The zero-order chi connectivity index (χ0) is 27.3. The van der Waals surface area contributed by atoms with Crippen molar-refractivity contribution in [2.75, 3.05) is 14.2 Å². The number of phenols is 2. The summed E-state index contributed by atoms with van der Waals surface area (Å²) in [5, 5.41) is 25.6. The summed E-state index contributed by atoms with van der Waals surface area (Å²) in [6, 6.07) is 13.6. The van der Waals surface area contributed by atoms with Gasteiger partial charge in [-0.3, -0.25) is 9.59 Å². The Morgan fingerprint density at radius 1 is 0.816 bits per heavy atom. The first-order chi connectivity index (χ1) is 18.2. The van der Waals surface area contributed by atoms with Crippen molar-refractivity contribution in [3.63, 3.8) is 0 Å².